The number of carbonyl (C=O) groups excluding carboxylic acids is 1. The third-order valence-electron chi connectivity index (χ3n) is 4.33. The molecule has 0 unspecified atom stereocenters. The van der Waals surface area contributed by atoms with Crippen LogP contribution in [-0.2, 0) is 18.3 Å². The first-order valence-electron chi connectivity index (χ1n) is 7.61. The number of hydrogen-bond acceptors (Lipinski definition) is 2. The van der Waals surface area contributed by atoms with Crippen LogP contribution in [0.25, 0.3) is 0 Å². The molecule has 1 heterocycles. The maximum atomic E-state index is 12.3. The number of aryl methyl sites for hydroxylation is 1. The van der Waals surface area contributed by atoms with Crippen molar-refractivity contribution >= 4 is 5.91 Å². The molecule has 0 aliphatic heterocycles. The third kappa shape index (κ3) is 3.84. The molecule has 2 atom stereocenters. The van der Waals surface area contributed by atoms with Gasteiger partial charge in [0.2, 0.25) is 5.91 Å². The van der Waals surface area contributed by atoms with E-state index in [1.807, 2.05) is 17.8 Å². The number of rotatable bonds is 4. The van der Waals surface area contributed by atoms with Crippen LogP contribution < -0.4 is 5.32 Å². The Morgan fingerprint density at radius 3 is 2.85 bits per heavy atom. The van der Waals surface area contributed by atoms with Crippen molar-refractivity contribution < 1.29 is 4.79 Å². The van der Waals surface area contributed by atoms with Gasteiger partial charge in [-0.25, -0.2) is 4.98 Å². The van der Waals surface area contributed by atoms with E-state index in [4.69, 9.17) is 0 Å². The molecule has 1 aromatic rings. The average Bonchev–Trinajstić information content (AvgIpc) is 2.72. The third-order valence-corrected chi connectivity index (χ3v) is 4.33. The number of hydrogen-bond donors (Lipinski definition) is 1. The lowest BCUT2D eigenvalue weighted by molar-refractivity contribution is -0.127. The minimum absolute atomic E-state index is 0.176. The SMILES string of the molecule is C[C@H]1C[C@@H](C(=O)NCCc2nccn2C)CC(C)(C)C1. The van der Waals surface area contributed by atoms with Crippen molar-refractivity contribution in [3.05, 3.63) is 18.2 Å². The molecule has 0 bridgehead atoms. The molecular weight excluding hydrogens is 250 g/mol. The maximum absolute atomic E-state index is 12.3. The zero-order valence-corrected chi connectivity index (χ0v) is 13.1. The second-order valence-electron chi connectivity index (χ2n) is 7.11. The smallest absolute Gasteiger partial charge is 0.223 e. The summed E-state index contributed by atoms with van der Waals surface area (Å²) in [5, 5.41) is 3.08. The summed E-state index contributed by atoms with van der Waals surface area (Å²) in [6.07, 6.45) is 7.78. The molecule has 20 heavy (non-hydrogen) atoms. The lowest BCUT2D eigenvalue weighted by Crippen LogP contribution is -2.39. The summed E-state index contributed by atoms with van der Waals surface area (Å²) in [6.45, 7) is 7.48. The lowest BCUT2D eigenvalue weighted by Gasteiger charge is -2.38. The molecule has 0 saturated heterocycles. The van der Waals surface area contributed by atoms with Gasteiger partial charge in [0.05, 0.1) is 0 Å². The molecule has 1 N–H and O–H groups in total. The summed E-state index contributed by atoms with van der Waals surface area (Å²) in [5.74, 6) is 2.06. The van der Waals surface area contributed by atoms with E-state index in [-0.39, 0.29) is 11.8 Å². The molecule has 0 aromatic carbocycles. The molecule has 1 aliphatic carbocycles. The van der Waals surface area contributed by atoms with Crippen molar-refractivity contribution in [2.75, 3.05) is 6.54 Å². The summed E-state index contributed by atoms with van der Waals surface area (Å²) in [6, 6.07) is 0. The first kappa shape index (κ1) is 15.1. The number of imidazole rings is 1. The van der Waals surface area contributed by atoms with Crippen LogP contribution in [0, 0.1) is 17.3 Å². The predicted octanol–water partition coefficient (Wildman–Crippen LogP) is 2.54. The molecular formula is C16H27N3O. The van der Waals surface area contributed by atoms with E-state index in [0.717, 1.165) is 25.1 Å². The van der Waals surface area contributed by atoms with Gasteiger partial charge in [0.25, 0.3) is 0 Å². The Morgan fingerprint density at radius 2 is 2.25 bits per heavy atom. The predicted molar refractivity (Wildman–Crippen MR) is 80.2 cm³/mol. The van der Waals surface area contributed by atoms with Gasteiger partial charge in [-0.3, -0.25) is 4.79 Å². The summed E-state index contributed by atoms with van der Waals surface area (Å²) >= 11 is 0. The number of nitrogens with one attached hydrogen (secondary N) is 1. The Bertz CT molecular complexity index is 464. The lowest BCUT2D eigenvalue weighted by atomic mass is 9.68. The van der Waals surface area contributed by atoms with Crippen LogP contribution in [0.1, 0.15) is 45.9 Å². The van der Waals surface area contributed by atoms with E-state index < -0.39 is 0 Å². The van der Waals surface area contributed by atoms with E-state index >= 15 is 0 Å². The van der Waals surface area contributed by atoms with Gasteiger partial charge in [0.1, 0.15) is 5.82 Å². The van der Waals surface area contributed by atoms with E-state index in [2.05, 4.69) is 31.1 Å². The highest BCUT2D eigenvalue weighted by Crippen LogP contribution is 2.41. The van der Waals surface area contributed by atoms with Crippen LogP contribution in [0.4, 0.5) is 0 Å². The summed E-state index contributed by atoms with van der Waals surface area (Å²) in [4.78, 5) is 16.6. The fourth-order valence-electron chi connectivity index (χ4n) is 3.63. The van der Waals surface area contributed by atoms with E-state index in [9.17, 15) is 4.79 Å². The van der Waals surface area contributed by atoms with E-state index in [1.165, 1.54) is 6.42 Å². The van der Waals surface area contributed by atoms with Gasteiger partial charge in [-0.1, -0.05) is 20.8 Å². The summed E-state index contributed by atoms with van der Waals surface area (Å²) < 4.78 is 2.00. The van der Waals surface area contributed by atoms with Crippen molar-refractivity contribution in [1.82, 2.24) is 14.9 Å². The fourth-order valence-corrected chi connectivity index (χ4v) is 3.63. The summed E-state index contributed by atoms with van der Waals surface area (Å²) in [7, 11) is 1.98. The van der Waals surface area contributed by atoms with Crippen LogP contribution in [-0.4, -0.2) is 22.0 Å². The van der Waals surface area contributed by atoms with Crippen LogP contribution in [0.5, 0.6) is 0 Å². The van der Waals surface area contributed by atoms with Crippen molar-refractivity contribution in [3.8, 4) is 0 Å². The molecule has 0 spiro atoms. The molecule has 4 nitrogen and oxygen atoms in total. The van der Waals surface area contributed by atoms with Crippen LogP contribution in [0.15, 0.2) is 12.4 Å². The van der Waals surface area contributed by atoms with E-state index in [0.29, 0.717) is 17.9 Å². The van der Waals surface area contributed by atoms with Crippen LogP contribution >= 0.6 is 0 Å². The molecule has 1 amide bonds. The topological polar surface area (TPSA) is 46.9 Å². The first-order chi connectivity index (χ1) is 9.37. The minimum Gasteiger partial charge on any atom is -0.355 e. The Hall–Kier alpha value is -1.32. The maximum Gasteiger partial charge on any atom is 0.223 e. The van der Waals surface area contributed by atoms with Gasteiger partial charge in [-0.2, -0.15) is 0 Å². The first-order valence-corrected chi connectivity index (χ1v) is 7.61. The van der Waals surface area contributed by atoms with Gasteiger partial charge in [-0.15, -0.1) is 0 Å². The number of amides is 1. The molecule has 112 valence electrons. The van der Waals surface area contributed by atoms with Crippen molar-refractivity contribution in [2.45, 2.75) is 46.5 Å². The van der Waals surface area contributed by atoms with Crippen LogP contribution in [0.3, 0.4) is 0 Å². The van der Waals surface area contributed by atoms with Crippen molar-refractivity contribution in [3.63, 3.8) is 0 Å². The van der Waals surface area contributed by atoms with Crippen molar-refractivity contribution in [2.24, 2.45) is 24.3 Å². The largest absolute Gasteiger partial charge is 0.355 e. The summed E-state index contributed by atoms with van der Waals surface area (Å²) in [5.41, 5.74) is 0.291. The minimum atomic E-state index is 0.176. The second-order valence-corrected chi connectivity index (χ2v) is 7.11. The number of carbonyl (C=O) groups is 1. The Labute approximate surface area is 122 Å². The molecule has 0 radical (unpaired) electrons. The van der Waals surface area contributed by atoms with Gasteiger partial charge in [0, 0.05) is 38.3 Å². The van der Waals surface area contributed by atoms with Gasteiger partial charge < -0.3 is 9.88 Å². The van der Waals surface area contributed by atoms with Crippen LogP contribution in [0.2, 0.25) is 0 Å². The quantitative estimate of drug-likeness (QED) is 0.919. The highest BCUT2D eigenvalue weighted by Gasteiger charge is 2.35. The van der Waals surface area contributed by atoms with Gasteiger partial charge >= 0.3 is 0 Å². The zero-order chi connectivity index (χ0) is 14.8. The van der Waals surface area contributed by atoms with Crippen molar-refractivity contribution in [1.29, 1.82) is 0 Å². The molecule has 1 aliphatic rings. The standard InChI is InChI=1S/C16H27N3O/c1-12-9-13(11-16(2,3)10-12)15(20)18-6-5-14-17-7-8-19(14)4/h7-8,12-13H,5-6,9-11H2,1-4H3,(H,18,20)/t12-,13+/m0/s1. The zero-order valence-electron chi connectivity index (χ0n) is 13.1. The normalized spacial score (nSPS) is 25.4. The second kappa shape index (κ2) is 5.98. The molecule has 1 saturated carbocycles. The number of nitrogens with zero attached hydrogens (tertiary/aromatic N) is 2. The molecule has 2 rings (SSSR count). The molecule has 1 fully saturated rings. The molecule has 4 heteroatoms. The fraction of sp³-hybridized carbons (Fsp3) is 0.750. The molecule has 1 aromatic heterocycles. The monoisotopic (exact) mass is 277 g/mol. The Kier molecular flexibility index (Phi) is 4.51. The highest BCUT2D eigenvalue weighted by atomic mass is 16.1. The average molecular weight is 277 g/mol. The highest BCUT2D eigenvalue weighted by molar-refractivity contribution is 5.78. The Balaban J connectivity index is 1.81. The van der Waals surface area contributed by atoms with Gasteiger partial charge in [-0.05, 0) is 30.6 Å². The van der Waals surface area contributed by atoms with E-state index in [1.54, 1.807) is 6.20 Å². The number of aromatic nitrogens is 2. The van der Waals surface area contributed by atoms with Gasteiger partial charge in [0.15, 0.2) is 0 Å². The Morgan fingerprint density at radius 1 is 1.50 bits per heavy atom.